The molecule has 2 heterocycles. The van der Waals surface area contributed by atoms with E-state index in [0.29, 0.717) is 22.8 Å². The van der Waals surface area contributed by atoms with Crippen LogP contribution in [-0.2, 0) is 20.0 Å². The van der Waals surface area contributed by atoms with Crippen molar-refractivity contribution in [1.29, 1.82) is 0 Å². The average Bonchev–Trinajstić information content (AvgIpc) is 3.55. The molecule has 0 aliphatic heterocycles. The van der Waals surface area contributed by atoms with Crippen molar-refractivity contribution in [3.05, 3.63) is 78.4 Å². The maximum absolute atomic E-state index is 13.5. The van der Waals surface area contributed by atoms with Crippen LogP contribution in [0.25, 0.3) is 11.3 Å². The highest BCUT2D eigenvalue weighted by Gasteiger charge is 2.27. The normalized spacial score (nSPS) is 14.5. The number of rotatable bonds is 8. The number of benzene rings is 2. The van der Waals surface area contributed by atoms with Crippen LogP contribution in [0.15, 0.2) is 76.7 Å². The molecule has 12 heteroatoms. The second-order valence-corrected chi connectivity index (χ2v) is 12.6. The van der Waals surface area contributed by atoms with Crippen LogP contribution in [0.1, 0.15) is 43.2 Å². The van der Waals surface area contributed by atoms with Crippen LogP contribution in [0.5, 0.6) is 0 Å². The van der Waals surface area contributed by atoms with E-state index in [2.05, 4.69) is 24.5 Å². The Balaban J connectivity index is 1.41. The van der Waals surface area contributed by atoms with Crippen molar-refractivity contribution in [2.75, 3.05) is 9.44 Å². The molecule has 1 fully saturated rings. The standard InChI is InChI=1S/C26H28N6O4S2/c1-18-16-25(28-19(2)27-18)31-37(33,34)23-14-12-21(13-15-23)30-38(35,36)24-17-32(22-10-6-7-11-22)29-26(24)20-8-4-3-5-9-20/h3-5,8-9,12-17,22,30H,6-7,10-11H2,1-2H3,(H,27,28,31). The van der Waals surface area contributed by atoms with E-state index in [0.717, 1.165) is 25.7 Å². The lowest BCUT2D eigenvalue weighted by atomic mass is 10.2. The number of hydrogen-bond donors (Lipinski definition) is 2. The number of anilines is 2. The van der Waals surface area contributed by atoms with Crippen LogP contribution in [0.3, 0.4) is 0 Å². The van der Waals surface area contributed by atoms with Crippen LogP contribution < -0.4 is 9.44 Å². The van der Waals surface area contributed by atoms with Gasteiger partial charge in [-0.05, 0) is 51.0 Å². The van der Waals surface area contributed by atoms with E-state index in [9.17, 15) is 16.8 Å². The molecule has 2 aromatic heterocycles. The third-order valence-electron chi connectivity index (χ3n) is 6.36. The zero-order valence-corrected chi connectivity index (χ0v) is 22.6. The molecular formula is C26H28N6O4S2. The Morgan fingerprint density at radius 1 is 0.842 bits per heavy atom. The van der Waals surface area contributed by atoms with Crippen molar-refractivity contribution >= 4 is 31.6 Å². The molecule has 1 saturated carbocycles. The molecule has 2 N–H and O–H groups in total. The van der Waals surface area contributed by atoms with Crippen LogP contribution >= 0.6 is 0 Å². The molecule has 0 saturated heterocycles. The van der Waals surface area contributed by atoms with E-state index < -0.39 is 20.0 Å². The average molecular weight is 553 g/mol. The van der Waals surface area contributed by atoms with Gasteiger partial charge in [-0.3, -0.25) is 14.1 Å². The summed E-state index contributed by atoms with van der Waals surface area (Å²) < 4.78 is 59.5. The number of nitrogens with zero attached hydrogens (tertiary/aromatic N) is 4. The Labute approximate surface area is 222 Å². The van der Waals surface area contributed by atoms with Gasteiger partial charge in [0.25, 0.3) is 20.0 Å². The summed E-state index contributed by atoms with van der Waals surface area (Å²) in [5.74, 6) is 0.603. The van der Waals surface area contributed by atoms with Crippen molar-refractivity contribution in [3.8, 4) is 11.3 Å². The summed E-state index contributed by atoms with van der Waals surface area (Å²) >= 11 is 0. The zero-order valence-electron chi connectivity index (χ0n) is 21.0. The van der Waals surface area contributed by atoms with Gasteiger partial charge in [0.1, 0.15) is 22.2 Å². The first-order chi connectivity index (χ1) is 18.1. The monoisotopic (exact) mass is 552 g/mol. The fourth-order valence-electron chi connectivity index (χ4n) is 4.60. The molecule has 0 radical (unpaired) electrons. The highest BCUT2D eigenvalue weighted by Crippen LogP contribution is 2.34. The quantitative estimate of drug-likeness (QED) is 0.324. The minimum Gasteiger partial charge on any atom is -0.280 e. The second-order valence-electron chi connectivity index (χ2n) is 9.30. The summed E-state index contributed by atoms with van der Waals surface area (Å²) in [6.45, 7) is 3.42. The van der Waals surface area contributed by atoms with Gasteiger partial charge in [-0.1, -0.05) is 43.2 Å². The Morgan fingerprint density at radius 3 is 2.18 bits per heavy atom. The lowest BCUT2D eigenvalue weighted by molar-refractivity contribution is 0.467. The molecule has 1 aliphatic rings. The highest BCUT2D eigenvalue weighted by atomic mass is 32.2. The summed E-state index contributed by atoms with van der Waals surface area (Å²) in [5, 5.41) is 4.67. The summed E-state index contributed by atoms with van der Waals surface area (Å²) in [6, 6.07) is 16.4. The van der Waals surface area contributed by atoms with Gasteiger partial charge in [0.2, 0.25) is 0 Å². The van der Waals surface area contributed by atoms with Gasteiger partial charge in [-0.25, -0.2) is 26.8 Å². The van der Waals surface area contributed by atoms with E-state index in [4.69, 9.17) is 0 Å². The molecule has 0 bridgehead atoms. The molecule has 4 aromatic rings. The molecule has 2 aromatic carbocycles. The van der Waals surface area contributed by atoms with Crippen molar-refractivity contribution in [3.63, 3.8) is 0 Å². The fraction of sp³-hybridized carbons (Fsp3) is 0.269. The minimum atomic E-state index is -4.02. The molecule has 5 rings (SSSR count). The summed E-state index contributed by atoms with van der Waals surface area (Å²) in [5.41, 5.74) is 1.94. The van der Waals surface area contributed by atoms with E-state index in [-0.39, 0.29) is 27.3 Å². The SMILES string of the molecule is Cc1cc(NS(=O)(=O)c2ccc(NS(=O)(=O)c3cn(C4CCCC4)nc3-c3ccccc3)cc2)nc(C)n1. The molecule has 0 spiro atoms. The van der Waals surface area contributed by atoms with Crippen LogP contribution in [0.2, 0.25) is 0 Å². The summed E-state index contributed by atoms with van der Waals surface area (Å²) in [6.07, 6.45) is 5.69. The topological polar surface area (TPSA) is 136 Å². The van der Waals surface area contributed by atoms with Crippen LogP contribution in [0.4, 0.5) is 11.5 Å². The third kappa shape index (κ3) is 5.55. The highest BCUT2D eigenvalue weighted by molar-refractivity contribution is 7.93. The maximum atomic E-state index is 13.5. The Kier molecular flexibility index (Phi) is 6.93. The van der Waals surface area contributed by atoms with Crippen molar-refractivity contribution in [2.24, 2.45) is 0 Å². The van der Waals surface area contributed by atoms with Gasteiger partial charge < -0.3 is 0 Å². The number of aryl methyl sites for hydroxylation is 2. The second kappa shape index (κ2) is 10.2. The van der Waals surface area contributed by atoms with Gasteiger partial charge in [0.05, 0.1) is 10.9 Å². The Morgan fingerprint density at radius 2 is 1.53 bits per heavy atom. The predicted octanol–water partition coefficient (Wildman–Crippen LogP) is 4.67. The number of nitrogens with one attached hydrogen (secondary N) is 2. The fourth-order valence-corrected chi connectivity index (χ4v) is 6.81. The van der Waals surface area contributed by atoms with Gasteiger partial charge in [-0.15, -0.1) is 0 Å². The summed E-state index contributed by atoms with van der Waals surface area (Å²) in [7, 11) is -7.96. The Hall–Kier alpha value is -3.77. The van der Waals surface area contributed by atoms with E-state index in [1.165, 1.54) is 30.3 Å². The first-order valence-electron chi connectivity index (χ1n) is 12.2. The largest absolute Gasteiger partial charge is 0.280 e. The smallest absolute Gasteiger partial charge is 0.265 e. The lowest BCUT2D eigenvalue weighted by Gasteiger charge is -2.11. The van der Waals surface area contributed by atoms with Crippen LogP contribution in [0, 0.1) is 13.8 Å². The molecule has 38 heavy (non-hydrogen) atoms. The maximum Gasteiger partial charge on any atom is 0.265 e. The molecule has 1 aliphatic carbocycles. The van der Waals surface area contributed by atoms with Crippen molar-refractivity contribution in [2.45, 2.75) is 55.4 Å². The third-order valence-corrected chi connectivity index (χ3v) is 9.11. The number of aromatic nitrogens is 4. The lowest BCUT2D eigenvalue weighted by Crippen LogP contribution is -2.16. The zero-order chi connectivity index (χ0) is 26.9. The van der Waals surface area contributed by atoms with Gasteiger partial charge >= 0.3 is 0 Å². The van der Waals surface area contributed by atoms with Crippen molar-refractivity contribution < 1.29 is 16.8 Å². The van der Waals surface area contributed by atoms with Crippen LogP contribution in [-0.4, -0.2) is 36.6 Å². The molecule has 10 nitrogen and oxygen atoms in total. The van der Waals surface area contributed by atoms with Gasteiger partial charge in [0.15, 0.2) is 0 Å². The minimum absolute atomic E-state index is 0.0339. The summed E-state index contributed by atoms with van der Waals surface area (Å²) in [4.78, 5) is 8.29. The van der Waals surface area contributed by atoms with E-state index >= 15 is 0 Å². The predicted molar refractivity (Wildman–Crippen MR) is 145 cm³/mol. The van der Waals surface area contributed by atoms with E-state index in [1.807, 2.05) is 30.3 Å². The van der Waals surface area contributed by atoms with Gasteiger partial charge in [-0.2, -0.15) is 5.10 Å². The first-order valence-corrected chi connectivity index (χ1v) is 15.2. The molecule has 198 valence electrons. The molecule has 0 unspecified atom stereocenters. The van der Waals surface area contributed by atoms with Gasteiger partial charge in [0, 0.05) is 29.2 Å². The van der Waals surface area contributed by atoms with E-state index in [1.54, 1.807) is 24.7 Å². The Bertz CT molecular complexity index is 1640. The molecular weight excluding hydrogens is 524 g/mol. The number of hydrogen-bond acceptors (Lipinski definition) is 7. The number of sulfonamides is 2. The molecule has 0 amide bonds. The molecule has 0 atom stereocenters. The van der Waals surface area contributed by atoms with Crippen molar-refractivity contribution in [1.82, 2.24) is 19.7 Å². The first kappa shape index (κ1) is 25.9.